The van der Waals surface area contributed by atoms with E-state index >= 15 is 0 Å². The molecule has 0 unspecified atom stereocenters. The van der Waals surface area contributed by atoms with Gasteiger partial charge in [-0.2, -0.15) is 5.26 Å². The number of aromatic nitrogens is 1. The number of amides is 2. The lowest BCUT2D eigenvalue weighted by molar-refractivity contribution is 0.0500. The molecule has 2 rings (SSSR count). The molecular formula is C20H23N5O3. The summed E-state index contributed by atoms with van der Waals surface area (Å²) in [7, 11) is 0. The summed E-state index contributed by atoms with van der Waals surface area (Å²) in [6, 6.07) is 11.5. The lowest BCUT2D eigenvalue weighted by Crippen LogP contribution is -2.32. The molecule has 3 N–H and O–H groups in total. The second-order valence-corrected chi connectivity index (χ2v) is 5.89. The quantitative estimate of drug-likeness (QED) is 0.454. The first-order valence-electron chi connectivity index (χ1n) is 9.05. The van der Waals surface area contributed by atoms with Gasteiger partial charge in [0.1, 0.15) is 11.9 Å². The van der Waals surface area contributed by atoms with Crippen molar-refractivity contribution < 1.29 is 14.3 Å². The topological polar surface area (TPSA) is 116 Å². The number of benzene rings is 1. The molecule has 0 bridgehead atoms. The van der Waals surface area contributed by atoms with Gasteiger partial charge in [0, 0.05) is 25.0 Å². The number of urea groups is 1. The molecule has 1 heterocycles. The molecule has 0 aliphatic rings. The molecule has 0 fully saturated rings. The Kier molecular flexibility index (Phi) is 8.27. The zero-order chi connectivity index (χ0) is 20.2. The standard InChI is InChI=1S/C20H23N5O3/c1-2-3-13-28-19(26)15-6-8-17(9-7-15)25-20(27)24-12-11-23-18-16(14-21)5-4-10-22-18/h4-10H,2-3,11-13H2,1H3,(H,22,23)(H2,24,25,27). The molecule has 2 amide bonds. The van der Waals surface area contributed by atoms with Crippen LogP contribution in [0.15, 0.2) is 42.6 Å². The molecule has 0 aliphatic carbocycles. The Balaban J connectivity index is 1.72. The van der Waals surface area contributed by atoms with Gasteiger partial charge in [-0.1, -0.05) is 13.3 Å². The van der Waals surface area contributed by atoms with Gasteiger partial charge in [-0.15, -0.1) is 0 Å². The second kappa shape index (κ2) is 11.2. The van der Waals surface area contributed by atoms with E-state index in [9.17, 15) is 9.59 Å². The van der Waals surface area contributed by atoms with Crippen molar-refractivity contribution >= 4 is 23.5 Å². The summed E-state index contributed by atoms with van der Waals surface area (Å²) >= 11 is 0. The molecule has 0 saturated carbocycles. The molecule has 8 nitrogen and oxygen atoms in total. The van der Waals surface area contributed by atoms with E-state index < -0.39 is 0 Å². The lowest BCUT2D eigenvalue weighted by atomic mass is 10.2. The zero-order valence-electron chi connectivity index (χ0n) is 15.7. The molecule has 1 aromatic heterocycles. The summed E-state index contributed by atoms with van der Waals surface area (Å²) in [5.41, 5.74) is 1.45. The number of hydrogen-bond donors (Lipinski definition) is 3. The fraction of sp³-hybridized carbons (Fsp3) is 0.300. The fourth-order valence-electron chi connectivity index (χ4n) is 2.25. The number of hydrogen-bond acceptors (Lipinski definition) is 6. The number of nitrogens with zero attached hydrogens (tertiary/aromatic N) is 2. The number of ether oxygens (including phenoxy) is 1. The van der Waals surface area contributed by atoms with Crippen molar-refractivity contribution in [2.75, 3.05) is 30.3 Å². The highest BCUT2D eigenvalue weighted by molar-refractivity contribution is 5.92. The first kappa shape index (κ1) is 20.7. The Morgan fingerprint density at radius 1 is 1.18 bits per heavy atom. The van der Waals surface area contributed by atoms with Crippen molar-refractivity contribution in [3.8, 4) is 6.07 Å². The minimum absolute atomic E-state index is 0.342. The van der Waals surface area contributed by atoms with E-state index in [-0.39, 0.29) is 12.0 Å². The summed E-state index contributed by atoms with van der Waals surface area (Å²) in [4.78, 5) is 27.8. The van der Waals surface area contributed by atoms with Gasteiger partial charge in [-0.3, -0.25) is 0 Å². The maximum atomic E-state index is 11.9. The van der Waals surface area contributed by atoms with Crippen molar-refractivity contribution in [1.82, 2.24) is 10.3 Å². The SMILES string of the molecule is CCCCOC(=O)c1ccc(NC(=O)NCCNc2ncccc2C#N)cc1. The van der Waals surface area contributed by atoms with Gasteiger partial charge >= 0.3 is 12.0 Å². The number of anilines is 2. The molecule has 8 heteroatoms. The van der Waals surface area contributed by atoms with Crippen LogP contribution in [-0.4, -0.2) is 36.7 Å². The van der Waals surface area contributed by atoms with Crippen molar-refractivity contribution in [1.29, 1.82) is 5.26 Å². The normalized spacial score (nSPS) is 9.86. The predicted molar refractivity (Wildman–Crippen MR) is 106 cm³/mol. The van der Waals surface area contributed by atoms with Crippen LogP contribution in [0.25, 0.3) is 0 Å². The number of rotatable bonds is 9. The number of esters is 1. The highest BCUT2D eigenvalue weighted by atomic mass is 16.5. The molecule has 0 saturated heterocycles. The molecule has 1 aromatic carbocycles. The minimum atomic E-state index is -0.374. The van der Waals surface area contributed by atoms with Crippen LogP contribution in [0.1, 0.15) is 35.7 Å². The number of carbonyl (C=O) groups is 2. The summed E-state index contributed by atoms with van der Waals surface area (Å²) in [6.07, 6.45) is 3.38. The van der Waals surface area contributed by atoms with E-state index in [0.29, 0.717) is 42.3 Å². The maximum absolute atomic E-state index is 11.9. The minimum Gasteiger partial charge on any atom is -0.462 e. The Bertz CT molecular complexity index is 830. The van der Waals surface area contributed by atoms with E-state index in [1.807, 2.05) is 13.0 Å². The fourth-order valence-corrected chi connectivity index (χ4v) is 2.25. The highest BCUT2D eigenvalue weighted by Crippen LogP contribution is 2.11. The van der Waals surface area contributed by atoms with Gasteiger partial charge in [0.2, 0.25) is 0 Å². The van der Waals surface area contributed by atoms with E-state index in [1.54, 1.807) is 42.6 Å². The summed E-state index contributed by atoms with van der Waals surface area (Å²) in [5, 5.41) is 17.4. The number of carbonyl (C=O) groups excluding carboxylic acids is 2. The van der Waals surface area contributed by atoms with Crippen LogP contribution >= 0.6 is 0 Å². The predicted octanol–water partition coefficient (Wildman–Crippen LogP) is 3.14. The Morgan fingerprint density at radius 3 is 2.68 bits per heavy atom. The molecule has 28 heavy (non-hydrogen) atoms. The molecule has 2 aromatic rings. The number of nitrogens with one attached hydrogen (secondary N) is 3. The van der Waals surface area contributed by atoms with Gasteiger partial charge < -0.3 is 20.7 Å². The summed E-state index contributed by atoms with van der Waals surface area (Å²) in [5.74, 6) is 0.107. The Labute approximate surface area is 163 Å². The van der Waals surface area contributed by atoms with E-state index in [1.165, 1.54) is 0 Å². The van der Waals surface area contributed by atoms with Crippen LogP contribution in [0, 0.1) is 11.3 Å². The Morgan fingerprint density at radius 2 is 1.96 bits per heavy atom. The molecule has 0 aliphatic heterocycles. The van der Waals surface area contributed by atoms with E-state index in [0.717, 1.165) is 12.8 Å². The highest BCUT2D eigenvalue weighted by Gasteiger charge is 2.08. The van der Waals surface area contributed by atoms with Crippen molar-refractivity contribution in [3.05, 3.63) is 53.7 Å². The Hall–Kier alpha value is -3.60. The van der Waals surface area contributed by atoms with Gasteiger partial charge in [-0.25, -0.2) is 14.6 Å². The van der Waals surface area contributed by atoms with Crippen LogP contribution < -0.4 is 16.0 Å². The third-order valence-electron chi connectivity index (χ3n) is 3.74. The number of unbranched alkanes of at least 4 members (excludes halogenated alkanes) is 1. The van der Waals surface area contributed by atoms with Crippen LogP contribution in [0.4, 0.5) is 16.3 Å². The smallest absolute Gasteiger partial charge is 0.338 e. The molecule has 0 spiro atoms. The molecule has 0 radical (unpaired) electrons. The van der Waals surface area contributed by atoms with Crippen LogP contribution in [0.5, 0.6) is 0 Å². The van der Waals surface area contributed by atoms with Crippen molar-refractivity contribution in [3.63, 3.8) is 0 Å². The monoisotopic (exact) mass is 381 g/mol. The zero-order valence-corrected chi connectivity index (χ0v) is 15.7. The first-order chi connectivity index (χ1) is 13.6. The van der Waals surface area contributed by atoms with Crippen molar-refractivity contribution in [2.24, 2.45) is 0 Å². The van der Waals surface area contributed by atoms with Gasteiger partial charge in [0.25, 0.3) is 0 Å². The average molecular weight is 381 g/mol. The van der Waals surface area contributed by atoms with E-state index in [2.05, 4.69) is 20.9 Å². The number of nitriles is 1. The maximum Gasteiger partial charge on any atom is 0.338 e. The third kappa shape index (κ3) is 6.61. The van der Waals surface area contributed by atoms with Gasteiger partial charge in [0.15, 0.2) is 0 Å². The average Bonchev–Trinajstić information content (AvgIpc) is 2.72. The number of pyridine rings is 1. The molecular weight excluding hydrogens is 358 g/mol. The summed E-state index contributed by atoms with van der Waals surface area (Å²) in [6.45, 7) is 3.19. The molecule has 146 valence electrons. The van der Waals surface area contributed by atoms with Crippen LogP contribution in [0.3, 0.4) is 0 Å². The van der Waals surface area contributed by atoms with Crippen LogP contribution in [0.2, 0.25) is 0 Å². The first-order valence-corrected chi connectivity index (χ1v) is 9.05. The van der Waals surface area contributed by atoms with Gasteiger partial charge in [0.05, 0.1) is 17.7 Å². The van der Waals surface area contributed by atoms with Crippen LogP contribution in [-0.2, 0) is 4.74 Å². The molecule has 0 atom stereocenters. The summed E-state index contributed by atoms with van der Waals surface area (Å²) < 4.78 is 5.14. The second-order valence-electron chi connectivity index (χ2n) is 5.89. The third-order valence-corrected chi connectivity index (χ3v) is 3.74. The lowest BCUT2D eigenvalue weighted by Gasteiger charge is -2.10. The van der Waals surface area contributed by atoms with Gasteiger partial charge in [-0.05, 0) is 42.8 Å². The van der Waals surface area contributed by atoms with Crippen molar-refractivity contribution in [2.45, 2.75) is 19.8 Å². The van der Waals surface area contributed by atoms with E-state index in [4.69, 9.17) is 10.00 Å². The largest absolute Gasteiger partial charge is 0.462 e.